The van der Waals surface area contributed by atoms with Gasteiger partial charge in [-0.3, -0.25) is 5.10 Å². The Morgan fingerprint density at radius 1 is 1.19 bits per heavy atom. The topological polar surface area (TPSA) is 121 Å². The fraction of sp³-hybridized carbons (Fsp3) is 0.600. The molecule has 3 aromatic rings. The van der Waals surface area contributed by atoms with Gasteiger partial charge < -0.3 is 20.7 Å². The molecule has 36 heavy (non-hydrogen) atoms. The molecule has 3 aromatic heterocycles. The normalized spacial score (nSPS) is 31.6. The molecule has 11 heteroatoms. The van der Waals surface area contributed by atoms with E-state index in [1.165, 1.54) is 0 Å². The highest BCUT2D eigenvalue weighted by molar-refractivity contribution is 5.72. The van der Waals surface area contributed by atoms with E-state index in [1.54, 1.807) is 6.20 Å². The van der Waals surface area contributed by atoms with Crippen LogP contribution in [0.25, 0.3) is 5.52 Å². The lowest BCUT2D eigenvalue weighted by molar-refractivity contribution is -0.0532. The second-order valence-corrected chi connectivity index (χ2v) is 11.0. The Hall–Kier alpha value is -3.21. The molecule has 1 amide bonds. The lowest BCUT2D eigenvalue weighted by Crippen LogP contribution is -2.68. The van der Waals surface area contributed by atoms with E-state index in [2.05, 4.69) is 31.2 Å². The minimum atomic E-state index is -1.28. The summed E-state index contributed by atoms with van der Waals surface area (Å²) >= 11 is 0. The molecule has 0 spiro atoms. The molecule has 0 aromatic carbocycles. The van der Waals surface area contributed by atoms with Crippen LogP contribution in [0.3, 0.4) is 0 Å². The Morgan fingerprint density at radius 3 is 2.81 bits per heavy atom. The molecule has 4 aliphatic carbocycles. The van der Waals surface area contributed by atoms with E-state index in [-0.39, 0.29) is 5.54 Å². The molecule has 4 saturated carbocycles. The molecule has 5 aliphatic rings. The summed E-state index contributed by atoms with van der Waals surface area (Å²) in [6.07, 6.45) is 7.48. The number of rotatable bonds is 6. The zero-order valence-electron chi connectivity index (χ0n) is 20.0. The third-order valence-electron chi connectivity index (χ3n) is 8.58. The Morgan fingerprint density at radius 2 is 2.03 bits per heavy atom. The third-order valence-corrected chi connectivity index (χ3v) is 8.58. The van der Waals surface area contributed by atoms with E-state index >= 15 is 4.39 Å². The van der Waals surface area contributed by atoms with Gasteiger partial charge in [0.15, 0.2) is 11.6 Å². The smallest absolute Gasteiger partial charge is 0.407 e. The van der Waals surface area contributed by atoms with Gasteiger partial charge >= 0.3 is 6.09 Å². The SMILES string of the molecule is O=C(NC12CC(C1)C2)O[C@@H]1CC[C@H](c2cc(Nc3nc(C4CCNCC4)cn4nccc34)n[nH]2)[C@@H]1F. The number of piperidine rings is 1. The van der Waals surface area contributed by atoms with E-state index in [4.69, 9.17) is 9.72 Å². The summed E-state index contributed by atoms with van der Waals surface area (Å²) in [5, 5.41) is 21.4. The van der Waals surface area contributed by atoms with Crippen LogP contribution in [0, 0.1) is 5.92 Å². The molecule has 1 aliphatic heterocycles. The summed E-state index contributed by atoms with van der Waals surface area (Å²) in [4.78, 5) is 17.2. The van der Waals surface area contributed by atoms with Crippen molar-refractivity contribution in [2.75, 3.05) is 18.4 Å². The number of halogens is 1. The van der Waals surface area contributed by atoms with E-state index in [1.807, 2.05) is 22.8 Å². The van der Waals surface area contributed by atoms with Crippen molar-refractivity contribution >= 4 is 23.2 Å². The highest BCUT2D eigenvalue weighted by atomic mass is 19.1. The Bertz CT molecular complexity index is 1270. The van der Waals surface area contributed by atoms with Crippen LogP contribution in [0.4, 0.5) is 20.8 Å². The van der Waals surface area contributed by atoms with Crippen molar-refractivity contribution in [2.24, 2.45) is 5.92 Å². The van der Waals surface area contributed by atoms with Crippen molar-refractivity contribution in [1.82, 2.24) is 35.4 Å². The van der Waals surface area contributed by atoms with Crippen LogP contribution >= 0.6 is 0 Å². The standard InChI is InChI=1S/C25H31FN8O2/c26-22-16(1-2-20(22)36-24(35)31-25-10-14(11-25)12-25)17-9-21(33-32-17)30-23-19-5-8-28-34(19)13-18(29-23)15-3-6-27-7-4-15/h5,8-9,13-16,20,22,27H,1-4,6-7,10-12H2,(H,31,35)(H2,29,30,32,33)/t14?,16-,20-,22+,25?/m1/s1. The van der Waals surface area contributed by atoms with Gasteiger partial charge in [-0.2, -0.15) is 10.2 Å². The van der Waals surface area contributed by atoms with Gasteiger partial charge in [0, 0.05) is 29.1 Å². The number of carbonyl (C=O) groups excluding carboxylic acids is 1. The molecule has 0 unspecified atom stereocenters. The fourth-order valence-corrected chi connectivity index (χ4v) is 6.45. The van der Waals surface area contributed by atoms with Crippen molar-refractivity contribution in [2.45, 2.75) is 74.6 Å². The average Bonchev–Trinajstić information content (AvgIpc) is 3.57. The van der Waals surface area contributed by atoms with Crippen molar-refractivity contribution in [3.05, 3.63) is 35.9 Å². The zero-order valence-corrected chi connectivity index (χ0v) is 20.0. The number of fused-ring (bicyclic) bond motifs is 1. The minimum absolute atomic E-state index is 0.0738. The number of nitrogens with zero attached hydrogens (tertiary/aromatic N) is 4. The first-order valence-corrected chi connectivity index (χ1v) is 13.1. The molecule has 4 N–H and O–H groups in total. The Labute approximate surface area is 207 Å². The molecule has 2 bridgehead atoms. The van der Waals surface area contributed by atoms with Gasteiger partial charge in [-0.15, -0.1) is 0 Å². The van der Waals surface area contributed by atoms with Gasteiger partial charge in [0.05, 0.1) is 18.1 Å². The summed E-state index contributed by atoms with van der Waals surface area (Å²) in [7, 11) is 0. The quantitative estimate of drug-likeness (QED) is 0.414. The van der Waals surface area contributed by atoms with Crippen LogP contribution in [-0.2, 0) is 4.74 Å². The van der Waals surface area contributed by atoms with E-state index in [0.29, 0.717) is 36.1 Å². The number of hydrogen-bond acceptors (Lipinski definition) is 7. The van der Waals surface area contributed by atoms with Crippen molar-refractivity contribution in [3.8, 4) is 0 Å². The van der Waals surface area contributed by atoms with E-state index in [0.717, 1.165) is 62.3 Å². The molecule has 10 nitrogen and oxygen atoms in total. The monoisotopic (exact) mass is 494 g/mol. The second-order valence-electron chi connectivity index (χ2n) is 11.0. The number of nitrogens with one attached hydrogen (secondary N) is 4. The number of aromatic amines is 1. The number of alkyl carbamates (subject to hydrolysis) is 1. The Balaban J connectivity index is 1.04. The number of amides is 1. The molecular weight excluding hydrogens is 463 g/mol. The summed E-state index contributed by atoms with van der Waals surface area (Å²) in [6.45, 7) is 1.96. The van der Waals surface area contributed by atoms with Crippen LogP contribution in [0.15, 0.2) is 24.5 Å². The second kappa shape index (κ2) is 8.43. The minimum Gasteiger partial charge on any atom is -0.443 e. The fourth-order valence-electron chi connectivity index (χ4n) is 6.45. The number of hydrogen-bond donors (Lipinski definition) is 4. The molecule has 0 radical (unpaired) electrons. The molecule has 190 valence electrons. The predicted molar refractivity (Wildman–Crippen MR) is 130 cm³/mol. The third kappa shape index (κ3) is 3.80. The highest BCUT2D eigenvalue weighted by Gasteiger charge is 2.58. The molecule has 8 rings (SSSR count). The molecular formula is C25H31FN8O2. The van der Waals surface area contributed by atoms with Crippen molar-refractivity contribution < 1.29 is 13.9 Å². The largest absolute Gasteiger partial charge is 0.443 e. The number of alkyl halides is 1. The van der Waals surface area contributed by atoms with Crippen molar-refractivity contribution in [3.63, 3.8) is 0 Å². The first-order chi connectivity index (χ1) is 17.6. The summed E-state index contributed by atoms with van der Waals surface area (Å²) in [5.41, 5.74) is 2.47. The lowest BCUT2D eigenvalue weighted by atomic mass is 9.50. The van der Waals surface area contributed by atoms with Gasteiger partial charge in [0.2, 0.25) is 0 Å². The maximum atomic E-state index is 15.3. The Kier molecular flexibility index (Phi) is 5.16. The first kappa shape index (κ1) is 22.0. The lowest BCUT2D eigenvalue weighted by Gasteiger charge is -2.61. The van der Waals surface area contributed by atoms with Crippen LogP contribution in [0.5, 0.6) is 0 Å². The van der Waals surface area contributed by atoms with Gasteiger partial charge in [-0.25, -0.2) is 18.7 Å². The molecule has 5 fully saturated rings. The highest BCUT2D eigenvalue weighted by Crippen LogP contribution is 2.57. The number of ether oxygens (including phenoxy) is 1. The van der Waals surface area contributed by atoms with E-state index in [9.17, 15) is 4.79 Å². The van der Waals surface area contributed by atoms with Crippen LogP contribution in [0.2, 0.25) is 0 Å². The predicted octanol–water partition coefficient (Wildman–Crippen LogP) is 3.53. The zero-order chi connectivity index (χ0) is 24.3. The van der Waals surface area contributed by atoms with E-state index < -0.39 is 24.3 Å². The average molecular weight is 495 g/mol. The number of aromatic nitrogens is 5. The van der Waals surface area contributed by atoms with Gasteiger partial charge in [-0.1, -0.05) is 0 Å². The first-order valence-electron chi connectivity index (χ1n) is 13.1. The number of anilines is 2. The molecule has 4 heterocycles. The van der Waals surface area contributed by atoms with Crippen LogP contribution < -0.4 is 16.0 Å². The van der Waals surface area contributed by atoms with Crippen LogP contribution in [0.1, 0.15) is 68.2 Å². The van der Waals surface area contributed by atoms with Crippen LogP contribution in [-0.4, -0.2) is 61.8 Å². The number of carbonyl (C=O) groups is 1. The van der Waals surface area contributed by atoms with Crippen molar-refractivity contribution in [1.29, 1.82) is 0 Å². The number of H-pyrrole nitrogens is 1. The molecule has 1 saturated heterocycles. The van der Waals surface area contributed by atoms with Gasteiger partial charge in [0.1, 0.15) is 17.8 Å². The maximum Gasteiger partial charge on any atom is 0.407 e. The summed E-state index contributed by atoms with van der Waals surface area (Å²) < 4.78 is 22.6. The summed E-state index contributed by atoms with van der Waals surface area (Å²) in [6, 6.07) is 3.73. The van der Waals surface area contributed by atoms with Gasteiger partial charge in [-0.05, 0) is 70.0 Å². The summed E-state index contributed by atoms with van der Waals surface area (Å²) in [5.74, 6) is 1.98. The maximum absolute atomic E-state index is 15.3. The van der Waals surface area contributed by atoms with Gasteiger partial charge in [0.25, 0.3) is 0 Å². The molecule has 3 atom stereocenters.